The van der Waals surface area contributed by atoms with E-state index in [9.17, 15) is 19.1 Å². The molecule has 0 aliphatic carbocycles. The molecule has 0 amide bonds. The van der Waals surface area contributed by atoms with Crippen molar-refractivity contribution < 1.29 is 18.7 Å². The summed E-state index contributed by atoms with van der Waals surface area (Å²) in [5.41, 5.74) is 2.47. The van der Waals surface area contributed by atoms with E-state index in [1.807, 2.05) is 19.9 Å². The van der Waals surface area contributed by atoms with E-state index in [0.29, 0.717) is 32.8 Å². The molecule has 1 aromatic heterocycles. The second kappa shape index (κ2) is 8.71. The van der Waals surface area contributed by atoms with E-state index in [4.69, 9.17) is 16.0 Å². The molecule has 0 aliphatic heterocycles. The van der Waals surface area contributed by atoms with Crippen LogP contribution in [0.5, 0.6) is 0 Å². The number of rotatable bonds is 5. The van der Waals surface area contributed by atoms with Gasteiger partial charge in [0.15, 0.2) is 5.43 Å². The summed E-state index contributed by atoms with van der Waals surface area (Å²) in [6.45, 7) is 5.31. The first kappa shape index (κ1) is 22.6. The Morgan fingerprint density at radius 2 is 1.85 bits per heavy atom. The number of fused-ring (bicyclic) bond motifs is 1. The van der Waals surface area contributed by atoms with Crippen molar-refractivity contribution in [2.45, 2.75) is 26.8 Å². The van der Waals surface area contributed by atoms with Gasteiger partial charge in [0.05, 0.1) is 22.6 Å². The van der Waals surface area contributed by atoms with Gasteiger partial charge in [0.2, 0.25) is 0 Å². The number of aryl methyl sites for hydroxylation is 1. The molecule has 0 saturated carbocycles. The molecular formula is C26H21ClFNO4. The zero-order chi connectivity index (χ0) is 23.9. The van der Waals surface area contributed by atoms with Crippen LogP contribution in [0, 0.1) is 19.7 Å². The van der Waals surface area contributed by atoms with E-state index >= 15 is 0 Å². The van der Waals surface area contributed by atoms with Crippen LogP contribution in [-0.4, -0.2) is 11.1 Å². The van der Waals surface area contributed by atoms with Crippen LogP contribution in [0.1, 0.15) is 40.0 Å². The smallest absolute Gasteiger partial charge is 0.337 e. The summed E-state index contributed by atoms with van der Waals surface area (Å²) >= 11 is 5.96. The molecule has 2 N–H and O–H groups in total. The Kier molecular flexibility index (Phi) is 5.95. The van der Waals surface area contributed by atoms with Crippen molar-refractivity contribution in [3.8, 4) is 11.3 Å². The molecule has 0 fully saturated rings. The number of aromatic carboxylic acids is 1. The van der Waals surface area contributed by atoms with E-state index in [1.54, 1.807) is 43.3 Å². The van der Waals surface area contributed by atoms with Crippen LogP contribution in [0.15, 0.2) is 63.8 Å². The fourth-order valence-electron chi connectivity index (χ4n) is 3.92. The highest BCUT2D eigenvalue weighted by atomic mass is 35.5. The van der Waals surface area contributed by atoms with Crippen LogP contribution in [-0.2, 0) is 0 Å². The SMILES string of the molecule is Cc1cc([C@@H](C)Nc2ccc(Cl)cc2C(=O)O)c2oc(-c3ccccc3F)c(C)c(=O)c2c1. The Bertz CT molecular complexity index is 1460. The number of hydrogen-bond donors (Lipinski definition) is 2. The molecule has 3 aromatic carbocycles. The predicted molar refractivity (Wildman–Crippen MR) is 128 cm³/mol. The zero-order valence-corrected chi connectivity index (χ0v) is 19.0. The summed E-state index contributed by atoms with van der Waals surface area (Å²) in [6.07, 6.45) is 0. The third kappa shape index (κ3) is 4.22. The van der Waals surface area contributed by atoms with Crippen LogP contribution in [0.2, 0.25) is 5.02 Å². The van der Waals surface area contributed by atoms with E-state index in [1.165, 1.54) is 12.1 Å². The van der Waals surface area contributed by atoms with Crippen molar-refractivity contribution >= 4 is 34.2 Å². The van der Waals surface area contributed by atoms with Gasteiger partial charge in [-0.15, -0.1) is 0 Å². The Labute approximate surface area is 194 Å². The molecule has 0 bridgehead atoms. The van der Waals surface area contributed by atoms with Gasteiger partial charge in [0.1, 0.15) is 17.2 Å². The van der Waals surface area contributed by atoms with Gasteiger partial charge in [-0.1, -0.05) is 29.8 Å². The first-order chi connectivity index (χ1) is 15.7. The van der Waals surface area contributed by atoms with Crippen LogP contribution in [0.4, 0.5) is 10.1 Å². The third-order valence-electron chi connectivity index (χ3n) is 5.56. The van der Waals surface area contributed by atoms with E-state index in [0.717, 1.165) is 5.56 Å². The maximum atomic E-state index is 14.5. The van der Waals surface area contributed by atoms with Gasteiger partial charge in [-0.2, -0.15) is 0 Å². The number of carbonyl (C=O) groups is 1. The Balaban J connectivity index is 1.90. The molecule has 1 heterocycles. The number of nitrogens with one attached hydrogen (secondary N) is 1. The van der Waals surface area contributed by atoms with Crippen LogP contribution in [0.3, 0.4) is 0 Å². The molecule has 4 aromatic rings. The average molecular weight is 466 g/mol. The summed E-state index contributed by atoms with van der Waals surface area (Å²) in [7, 11) is 0. The standard InChI is InChI=1S/C26H21ClFNO4/c1-13-10-18(15(3)29-22-9-8-16(27)12-19(22)26(31)32)25-20(11-13)23(30)14(2)24(33-25)17-6-4-5-7-21(17)28/h4-12,15,29H,1-3H3,(H,31,32)/t15-/m1/s1. The Morgan fingerprint density at radius 3 is 2.55 bits per heavy atom. The largest absolute Gasteiger partial charge is 0.478 e. The van der Waals surface area contributed by atoms with Crippen molar-refractivity contribution in [2.75, 3.05) is 5.32 Å². The number of anilines is 1. The lowest BCUT2D eigenvalue weighted by atomic mass is 9.98. The summed E-state index contributed by atoms with van der Waals surface area (Å²) in [5.74, 6) is -1.44. The lowest BCUT2D eigenvalue weighted by molar-refractivity contribution is 0.0698. The average Bonchev–Trinajstić information content (AvgIpc) is 2.77. The molecule has 7 heteroatoms. The van der Waals surface area contributed by atoms with Crippen molar-refractivity contribution in [1.82, 2.24) is 0 Å². The molecule has 33 heavy (non-hydrogen) atoms. The van der Waals surface area contributed by atoms with Crippen molar-refractivity contribution in [1.29, 1.82) is 0 Å². The topological polar surface area (TPSA) is 79.5 Å². The Morgan fingerprint density at radius 1 is 1.12 bits per heavy atom. The number of benzene rings is 3. The summed E-state index contributed by atoms with van der Waals surface area (Å²) in [5, 5.41) is 13.4. The molecule has 4 rings (SSSR count). The highest BCUT2D eigenvalue weighted by molar-refractivity contribution is 6.31. The van der Waals surface area contributed by atoms with Gasteiger partial charge >= 0.3 is 5.97 Å². The highest BCUT2D eigenvalue weighted by Crippen LogP contribution is 2.33. The van der Waals surface area contributed by atoms with Crippen molar-refractivity contribution in [2.24, 2.45) is 0 Å². The van der Waals surface area contributed by atoms with Gasteiger partial charge in [-0.3, -0.25) is 4.79 Å². The number of hydrogen-bond acceptors (Lipinski definition) is 4. The minimum absolute atomic E-state index is 0.0238. The lowest BCUT2D eigenvalue weighted by Gasteiger charge is -2.20. The molecule has 168 valence electrons. The molecule has 0 radical (unpaired) electrons. The van der Waals surface area contributed by atoms with Gasteiger partial charge < -0.3 is 14.8 Å². The fraction of sp³-hybridized carbons (Fsp3) is 0.154. The summed E-state index contributed by atoms with van der Waals surface area (Å²) in [4.78, 5) is 24.9. The first-order valence-electron chi connectivity index (χ1n) is 10.3. The summed E-state index contributed by atoms with van der Waals surface area (Å²) in [6, 6.07) is 13.8. The molecule has 0 saturated heterocycles. The van der Waals surface area contributed by atoms with Crippen LogP contribution < -0.4 is 10.7 Å². The number of halogens is 2. The van der Waals surface area contributed by atoms with E-state index < -0.39 is 17.8 Å². The Hall–Kier alpha value is -3.64. The second-order valence-electron chi connectivity index (χ2n) is 7.96. The third-order valence-corrected chi connectivity index (χ3v) is 5.80. The highest BCUT2D eigenvalue weighted by Gasteiger charge is 2.21. The van der Waals surface area contributed by atoms with Gasteiger partial charge in [0, 0.05) is 21.8 Å². The van der Waals surface area contributed by atoms with Crippen molar-refractivity contribution in [3.63, 3.8) is 0 Å². The predicted octanol–water partition coefficient (Wildman–Crippen LogP) is 6.74. The molecule has 1 atom stereocenters. The van der Waals surface area contributed by atoms with E-state index in [-0.39, 0.29) is 22.3 Å². The quantitative estimate of drug-likeness (QED) is 0.341. The first-order valence-corrected chi connectivity index (χ1v) is 10.7. The minimum atomic E-state index is -1.12. The molecule has 0 unspecified atom stereocenters. The maximum Gasteiger partial charge on any atom is 0.337 e. The van der Waals surface area contributed by atoms with E-state index in [2.05, 4.69) is 5.32 Å². The van der Waals surface area contributed by atoms with Gasteiger partial charge in [0.25, 0.3) is 0 Å². The van der Waals surface area contributed by atoms with Gasteiger partial charge in [-0.25, -0.2) is 9.18 Å². The van der Waals surface area contributed by atoms with Gasteiger partial charge in [-0.05, 0) is 62.7 Å². The van der Waals surface area contributed by atoms with Crippen molar-refractivity contribution in [3.05, 3.63) is 97.9 Å². The molecule has 0 spiro atoms. The van der Waals surface area contributed by atoms with Crippen LogP contribution in [0.25, 0.3) is 22.3 Å². The zero-order valence-electron chi connectivity index (χ0n) is 18.2. The lowest BCUT2D eigenvalue weighted by Crippen LogP contribution is -2.14. The monoisotopic (exact) mass is 465 g/mol. The number of carboxylic acids is 1. The minimum Gasteiger partial charge on any atom is -0.478 e. The summed E-state index contributed by atoms with van der Waals surface area (Å²) < 4.78 is 20.7. The molecule has 5 nitrogen and oxygen atoms in total. The maximum absolute atomic E-state index is 14.5. The fourth-order valence-corrected chi connectivity index (χ4v) is 4.09. The number of carboxylic acid groups (broad SMARTS) is 1. The molecule has 0 aliphatic rings. The normalized spacial score (nSPS) is 12.0. The second-order valence-corrected chi connectivity index (χ2v) is 8.39. The molecular weight excluding hydrogens is 445 g/mol. The van der Waals surface area contributed by atoms with Crippen LogP contribution >= 0.6 is 11.6 Å².